The van der Waals surface area contributed by atoms with Gasteiger partial charge in [-0.3, -0.25) is 4.90 Å². The summed E-state index contributed by atoms with van der Waals surface area (Å²) in [5.74, 6) is 0.0566. The molecule has 1 aliphatic rings. The lowest BCUT2D eigenvalue weighted by Gasteiger charge is -2.45. The van der Waals surface area contributed by atoms with Crippen LogP contribution in [0.25, 0.3) is 0 Å². The van der Waals surface area contributed by atoms with E-state index in [9.17, 15) is 4.79 Å². The first-order chi connectivity index (χ1) is 16.7. The van der Waals surface area contributed by atoms with Gasteiger partial charge in [0.25, 0.3) is 0 Å². The van der Waals surface area contributed by atoms with Gasteiger partial charge in [-0.25, -0.2) is 0 Å². The average Bonchev–Trinajstić information content (AvgIpc) is 2.91. The van der Waals surface area contributed by atoms with Gasteiger partial charge in [0.1, 0.15) is 6.29 Å². The van der Waals surface area contributed by atoms with Crippen LogP contribution >= 0.6 is 0 Å². The van der Waals surface area contributed by atoms with Gasteiger partial charge < -0.3 is 14.3 Å². The molecule has 4 heteroatoms. The van der Waals surface area contributed by atoms with Crippen LogP contribution in [0.5, 0.6) is 0 Å². The van der Waals surface area contributed by atoms with Crippen LogP contribution in [0.1, 0.15) is 42.5 Å². The molecule has 0 saturated carbocycles. The molecule has 0 aromatic heterocycles. The van der Waals surface area contributed by atoms with Crippen molar-refractivity contribution in [3.8, 4) is 0 Å². The van der Waals surface area contributed by atoms with E-state index < -0.39 is 0 Å². The Bertz CT molecular complexity index is 980. The van der Waals surface area contributed by atoms with Crippen molar-refractivity contribution >= 4 is 6.29 Å². The number of hydrogen-bond acceptors (Lipinski definition) is 4. The molecule has 0 amide bonds. The van der Waals surface area contributed by atoms with Gasteiger partial charge in [0.2, 0.25) is 0 Å². The van der Waals surface area contributed by atoms with E-state index in [1.807, 2.05) is 36.4 Å². The van der Waals surface area contributed by atoms with Crippen LogP contribution in [0.15, 0.2) is 91.0 Å². The van der Waals surface area contributed by atoms with Gasteiger partial charge in [0.15, 0.2) is 0 Å². The summed E-state index contributed by atoms with van der Waals surface area (Å²) in [5, 5.41) is 0. The predicted molar refractivity (Wildman–Crippen MR) is 135 cm³/mol. The molecule has 1 saturated heterocycles. The van der Waals surface area contributed by atoms with E-state index in [4.69, 9.17) is 9.47 Å². The summed E-state index contributed by atoms with van der Waals surface area (Å²) in [4.78, 5) is 14.3. The van der Waals surface area contributed by atoms with Gasteiger partial charge >= 0.3 is 0 Å². The van der Waals surface area contributed by atoms with Crippen LogP contribution in [-0.4, -0.2) is 36.5 Å². The van der Waals surface area contributed by atoms with Crippen molar-refractivity contribution in [3.63, 3.8) is 0 Å². The fourth-order valence-electron chi connectivity index (χ4n) is 4.85. The van der Waals surface area contributed by atoms with Crippen molar-refractivity contribution in [3.05, 3.63) is 108 Å². The van der Waals surface area contributed by atoms with E-state index in [-0.39, 0.29) is 24.1 Å². The van der Waals surface area contributed by atoms with Crippen molar-refractivity contribution < 1.29 is 14.3 Å². The minimum atomic E-state index is -0.141. The fourth-order valence-corrected chi connectivity index (χ4v) is 4.85. The quantitative estimate of drug-likeness (QED) is 0.340. The summed E-state index contributed by atoms with van der Waals surface area (Å²) in [6.45, 7) is 4.67. The zero-order valence-electron chi connectivity index (χ0n) is 20.0. The molecule has 4 atom stereocenters. The van der Waals surface area contributed by atoms with Gasteiger partial charge in [-0.05, 0) is 43.0 Å². The second-order valence-electron chi connectivity index (χ2n) is 9.15. The predicted octanol–water partition coefficient (Wildman–Crippen LogP) is 5.83. The SMILES string of the molecule is C[C@@H](c1ccccc1)N1CC[C@H](C=O)C[C@@H]1[C@@H](COCc1ccccc1)OCc1ccccc1. The average molecular weight is 458 g/mol. The molecule has 1 fully saturated rings. The molecule has 0 unspecified atom stereocenters. The van der Waals surface area contributed by atoms with Crippen LogP contribution < -0.4 is 0 Å². The molecule has 0 N–H and O–H groups in total. The van der Waals surface area contributed by atoms with Gasteiger partial charge in [-0.2, -0.15) is 0 Å². The lowest BCUT2D eigenvalue weighted by molar-refractivity contribution is -0.119. The molecule has 3 aromatic rings. The highest BCUT2D eigenvalue weighted by atomic mass is 16.5. The number of rotatable bonds is 11. The zero-order chi connectivity index (χ0) is 23.6. The van der Waals surface area contributed by atoms with Crippen LogP contribution in [0.3, 0.4) is 0 Å². The number of piperidine rings is 1. The number of likely N-dealkylation sites (tertiary alicyclic amines) is 1. The number of carbonyl (C=O) groups is 1. The lowest BCUT2D eigenvalue weighted by Crippen LogP contribution is -2.52. The third kappa shape index (κ3) is 6.63. The van der Waals surface area contributed by atoms with Crippen LogP contribution in [-0.2, 0) is 27.5 Å². The maximum Gasteiger partial charge on any atom is 0.123 e. The Morgan fingerprint density at radius 1 is 0.882 bits per heavy atom. The van der Waals surface area contributed by atoms with Crippen molar-refractivity contribution in [2.75, 3.05) is 13.2 Å². The molecule has 0 bridgehead atoms. The van der Waals surface area contributed by atoms with E-state index in [0.29, 0.717) is 19.8 Å². The molecular weight excluding hydrogens is 422 g/mol. The molecule has 0 spiro atoms. The first-order valence-electron chi connectivity index (χ1n) is 12.3. The number of nitrogens with zero attached hydrogens (tertiary/aromatic N) is 1. The van der Waals surface area contributed by atoms with Gasteiger partial charge in [0.05, 0.1) is 25.9 Å². The third-order valence-electron chi connectivity index (χ3n) is 6.83. The van der Waals surface area contributed by atoms with E-state index in [1.165, 1.54) is 5.56 Å². The third-order valence-corrected chi connectivity index (χ3v) is 6.83. The zero-order valence-corrected chi connectivity index (χ0v) is 20.0. The summed E-state index contributed by atoms with van der Waals surface area (Å²) in [6, 6.07) is 31.4. The Balaban J connectivity index is 1.53. The van der Waals surface area contributed by atoms with E-state index in [2.05, 4.69) is 66.4 Å². The number of benzene rings is 3. The Labute approximate surface area is 203 Å². The molecule has 0 aliphatic carbocycles. The van der Waals surface area contributed by atoms with Gasteiger partial charge in [-0.1, -0.05) is 91.0 Å². The lowest BCUT2D eigenvalue weighted by atomic mass is 9.87. The number of aldehydes is 1. The molecule has 3 aromatic carbocycles. The number of carbonyl (C=O) groups excluding carboxylic acids is 1. The maximum atomic E-state index is 11.8. The fraction of sp³-hybridized carbons (Fsp3) is 0.367. The molecule has 4 nitrogen and oxygen atoms in total. The van der Waals surface area contributed by atoms with E-state index in [0.717, 1.165) is 36.8 Å². The summed E-state index contributed by atoms with van der Waals surface area (Å²) < 4.78 is 12.7. The summed E-state index contributed by atoms with van der Waals surface area (Å²) in [5.41, 5.74) is 3.57. The molecule has 1 heterocycles. The number of ether oxygens (including phenoxy) is 2. The second-order valence-corrected chi connectivity index (χ2v) is 9.15. The van der Waals surface area contributed by atoms with Crippen molar-refractivity contribution in [2.45, 2.75) is 51.2 Å². The Kier molecular flexibility index (Phi) is 9.03. The highest BCUT2D eigenvalue weighted by molar-refractivity contribution is 5.53. The van der Waals surface area contributed by atoms with Gasteiger partial charge in [0, 0.05) is 18.0 Å². The monoisotopic (exact) mass is 457 g/mol. The topological polar surface area (TPSA) is 38.8 Å². The minimum absolute atomic E-state index is 0.0566. The first-order valence-corrected chi connectivity index (χ1v) is 12.3. The highest BCUT2D eigenvalue weighted by Gasteiger charge is 2.37. The first kappa shape index (κ1) is 24.3. The Morgan fingerprint density at radius 3 is 2.09 bits per heavy atom. The maximum absolute atomic E-state index is 11.8. The van der Waals surface area contributed by atoms with Crippen LogP contribution in [0.4, 0.5) is 0 Å². The normalized spacial score (nSPS) is 20.5. The highest BCUT2D eigenvalue weighted by Crippen LogP contribution is 2.33. The summed E-state index contributed by atoms with van der Waals surface area (Å²) in [7, 11) is 0. The largest absolute Gasteiger partial charge is 0.374 e. The van der Waals surface area contributed by atoms with Crippen LogP contribution in [0, 0.1) is 5.92 Å². The van der Waals surface area contributed by atoms with Crippen molar-refractivity contribution in [1.82, 2.24) is 4.90 Å². The second kappa shape index (κ2) is 12.6. The van der Waals surface area contributed by atoms with Crippen molar-refractivity contribution in [1.29, 1.82) is 0 Å². The minimum Gasteiger partial charge on any atom is -0.374 e. The molecule has 34 heavy (non-hydrogen) atoms. The van der Waals surface area contributed by atoms with E-state index >= 15 is 0 Å². The van der Waals surface area contributed by atoms with Gasteiger partial charge in [-0.15, -0.1) is 0 Å². The molecule has 1 aliphatic heterocycles. The van der Waals surface area contributed by atoms with Crippen molar-refractivity contribution in [2.24, 2.45) is 5.92 Å². The Hall–Kier alpha value is -2.79. The smallest absolute Gasteiger partial charge is 0.123 e. The molecule has 4 rings (SSSR count). The molecular formula is C30H35NO3. The van der Waals surface area contributed by atoms with Crippen LogP contribution in [0.2, 0.25) is 0 Å². The standard InChI is InChI=1S/C30H35NO3/c1-24(28-15-9-4-10-16-28)31-18-17-27(20-32)19-29(31)30(34-22-26-13-7-3-8-14-26)23-33-21-25-11-5-2-6-12-25/h2-16,20,24,27,29-30H,17-19,21-23H2,1H3/t24-,27-,29+,30+/m0/s1. The summed E-state index contributed by atoms with van der Waals surface area (Å²) >= 11 is 0. The Morgan fingerprint density at radius 2 is 1.47 bits per heavy atom. The number of hydrogen-bond donors (Lipinski definition) is 0. The molecule has 178 valence electrons. The summed E-state index contributed by atoms with van der Waals surface area (Å²) in [6.07, 6.45) is 2.65. The molecule has 0 radical (unpaired) electrons. The van der Waals surface area contributed by atoms with E-state index in [1.54, 1.807) is 0 Å².